The highest BCUT2D eigenvalue weighted by molar-refractivity contribution is 5.80. The molecule has 3 rings (SSSR count). The van der Waals surface area contributed by atoms with Crippen LogP contribution in [0, 0.1) is 0 Å². The molecule has 0 aliphatic heterocycles. The van der Waals surface area contributed by atoms with E-state index in [4.69, 9.17) is 0 Å². The van der Waals surface area contributed by atoms with Crippen LogP contribution >= 0.6 is 0 Å². The van der Waals surface area contributed by atoms with Crippen molar-refractivity contribution in [2.45, 2.75) is 44.6 Å². The van der Waals surface area contributed by atoms with Crippen LogP contribution in [-0.4, -0.2) is 20.7 Å². The van der Waals surface area contributed by atoms with Gasteiger partial charge in [0.25, 0.3) is 0 Å². The van der Waals surface area contributed by atoms with Gasteiger partial charge in [0.2, 0.25) is 0 Å². The lowest BCUT2D eigenvalue weighted by Gasteiger charge is -2.33. The molecule has 3 heteroatoms. The Morgan fingerprint density at radius 2 is 1.78 bits per heavy atom. The van der Waals surface area contributed by atoms with Gasteiger partial charge in [0.05, 0.1) is 5.60 Å². The molecule has 2 aromatic heterocycles. The van der Waals surface area contributed by atoms with Crippen LogP contribution in [0.3, 0.4) is 0 Å². The second-order valence-electron chi connectivity index (χ2n) is 7.33. The number of nitrogens with one attached hydrogen (secondary N) is 1. The quantitative estimate of drug-likeness (QED) is 0.741. The van der Waals surface area contributed by atoms with Crippen LogP contribution in [0.25, 0.3) is 10.9 Å². The van der Waals surface area contributed by atoms with Crippen molar-refractivity contribution in [3.8, 4) is 0 Å². The topological polar surface area (TPSA) is 48.9 Å². The first kappa shape index (κ1) is 15.8. The SMILES string of the molecule is CC(O)(Cc1cc2ccccc2[nH]1)CC(C)(C)c1ccccn1. The third-order valence-electron chi connectivity index (χ3n) is 4.34. The molecular formula is C20H24N2O. The fourth-order valence-corrected chi connectivity index (χ4v) is 3.51. The first-order valence-electron chi connectivity index (χ1n) is 8.06. The number of aliphatic hydroxyl groups is 1. The van der Waals surface area contributed by atoms with E-state index in [1.54, 1.807) is 0 Å². The predicted molar refractivity (Wildman–Crippen MR) is 94.5 cm³/mol. The van der Waals surface area contributed by atoms with Crippen molar-refractivity contribution in [3.05, 3.63) is 66.1 Å². The molecule has 2 N–H and O–H groups in total. The Labute approximate surface area is 137 Å². The molecule has 0 fully saturated rings. The van der Waals surface area contributed by atoms with Crippen LogP contribution in [0.1, 0.15) is 38.6 Å². The molecule has 3 nitrogen and oxygen atoms in total. The molecule has 0 spiro atoms. The third kappa shape index (κ3) is 3.62. The lowest BCUT2D eigenvalue weighted by atomic mass is 9.76. The van der Waals surface area contributed by atoms with E-state index in [9.17, 15) is 5.11 Å². The summed E-state index contributed by atoms with van der Waals surface area (Å²) >= 11 is 0. The first-order valence-corrected chi connectivity index (χ1v) is 8.06. The van der Waals surface area contributed by atoms with Gasteiger partial charge < -0.3 is 10.1 Å². The minimum atomic E-state index is -0.804. The lowest BCUT2D eigenvalue weighted by molar-refractivity contribution is 0.0302. The molecule has 1 atom stereocenters. The Morgan fingerprint density at radius 3 is 2.48 bits per heavy atom. The Hall–Kier alpha value is -2.13. The Balaban J connectivity index is 1.78. The van der Waals surface area contributed by atoms with Gasteiger partial charge in [0.15, 0.2) is 0 Å². The summed E-state index contributed by atoms with van der Waals surface area (Å²) < 4.78 is 0. The molecule has 0 amide bonds. The van der Waals surface area contributed by atoms with Gasteiger partial charge in [-0.15, -0.1) is 0 Å². The van der Waals surface area contributed by atoms with Crippen molar-refractivity contribution in [2.24, 2.45) is 0 Å². The zero-order valence-corrected chi connectivity index (χ0v) is 14.0. The number of benzene rings is 1. The highest BCUT2D eigenvalue weighted by Gasteiger charge is 2.33. The van der Waals surface area contributed by atoms with Gasteiger partial charge in [-0.2, -0.15) is 0 Å². The van der Waals surface area contributed by atoms with Crippen molar-refractivity contribution in [2.75, 3.05) is 0 Å². The van der Waals surface area contributed by atoms with E-state index >= 15 is 0 Å². The van der Waals surface area contributed by atoms with E-state index in [0.717, 1.165) is 16.9 Å². The predicted octanol–water partition coefficient (Wildman–Crippen LogP) is 4.22. The number of aromatic amines is 1. The summed E-state index contributed by atoms with van der Waals surface area (Å²) in [5, 5.41) is 12.1. The molecule has 2 heterocycles. The van der Waals surface area contributed by atoms with Gasteiger partial charge in [-0.1, -0.05) is 38.1 Å². The van der Waals surface area contributed by atoms with E-state index in [0.29, 0.717) is 12.8 Å². The fourth-order valence-electron chi connectivity index (χ4n) is 3.51. The Kier molecular flexibility index (Phi) is 3.99. The molecule has 0 aliphatic carbocycles. The van der Waals surface area contributed by atoms with Crippen LogP contribution in [0.5, 0.6) is 0 Å². The summed E-state index contributed by atoms with van der Waals surface area (Å²) in [6.45, 7) is 6.17. The van der Waals surface area contributed by atoms with Crippen molar-refractivity contribution in [1.29, 1.82) is 0 Å². The van der Waals surface area contributed by atoms with Gasteiger partial charge in [0.1, 0.15) is 0 Å². The average Bonchev–Trinajstić information content (AvgIpc) is 2.88. The standard InChI is InChI=1S/C20H24N2O/c1-19(2,18-10-6-7-11-21-18)14-20(3,23)13-16-12-15-8-4-5-9-17(15)22-16/h4-12,22-23H,13-14H2,1-3H3. The monoisotopic (exact) mass is 308 g/mol. The van der Waals surface area contributed by atoms with Crippen LogP contribution in [-0.2, 0) is 11.8 Å². The molecule has 120 valence electrons. The van der Waals surface area contributed by atoms with E-state index in [1.165, 1.54) is 5.39 Å². The molecule has 1 aromatic carbocycles. The summed E-state index contributed by atoms with van der Waals surface area (Å²) in [6, 6.07) is 16.3. The van der Waals surface area contributed by atoms with E-state index in [2.05, 4.69) is 42.0 Å². The molecule has 0 saturated carbocycles. The third-order valence-corrected chi connectivity index (χ3v) is 4.34. The zero-order chi connectivity index (χ0) is 16.5. The number of nitrogens with zero attached hydrogens (tertiary/aromatic N) is 1. The fraction of sp³-hybridized carbons (Fsp3) is 0.350. The minimum absolute atomic E-state index is 0.184. The number of para-hydroxylation sites is 1. The van der Waals surface area contributed by atoms with Crippen molar-refractivity contribution >= 4 is 10.9 Å². The Bertz CT molecular complexity index is 755. The van der Waals surface area contributed by atoms with E-state index < -0.39 is 5.60 Å². The maximum absolute atomic E-state index is 10.9. The van der Waals surface area contributed by atoms with Gasteiger partial charge >= 0.3 is 0 Å². The molecule has 0 bridgehead atoms. The van der Waals surface area contributed by atoms with Gasteiger partial charge in [-0.3, -0.25) is 4.98 Å². The number of hydrogen-bond acceptors (Lipinski definition) is 2. The normalized spacial score (nSPS) is 14.8. The van der Waals surface area contributed by atoms with E-state index in [-0.39, 0.29) is 5.41 Å². The average molecular weight is 308 g/mol. The molecule has 0 aliphatic rings. The number of rotatable bonds is 5. The number of hydrogen-bond donors (Lipinski definition) is 2. The molecule has 1 unspecified atom stereocenters. The Morgan fingerprint density at radius 1 is 1.04 bits per heavy atom. The largest absolute Gasteiger partial charge is 0.390 e. The minimum Gasteiger partial charge on any atom is -0.390 e. The number of pyridine rings is 1. The van der Waals surface area contributed by atoms with Gasteiger partial charge in [-0.05, 0) is 43.0 Å². The maximum Gasteiger partial charge on any atom is 0.0683 e. The van der Waals surface area contributed by atoms with Gasteiger partial charge in [-0.25, -0.2) is 0 Å². The van der Waals surface area contributed by atoms with Crippen LogP contribution < -0.4 is 0 Å². The zero-order valence-electron chi connectivity index (χ0n) is 14.0. The molecular weight excluding hydrogens is 284 g/mol. The second kappa shape index (κ2) is 5.82. The number of fused-ring (bicyclic) bond motifs is 1. The van der Waals surface area contributed by atoms with Crippen molar-refractivity contribution in [1.82, 2.24) is 9.97 Å². The summed E-state index contributed by atoms with van der Waals surface area (Å²) in [5.41, 5.74) is 2.20. The highest BCUT2D eigenvalue weighted by atomic mass is 16.3. The number of aromatic nitrogens is 2. The number of H-pyrrole nitrogens is 1. The molecule has 3 aromatic rings. The van der Waals surface area contributed by atoms with Crippen molar-refractivity contribution < 1.29 is 5.11 Å². The van der Waals surface area contributed by atoms with Crippen molar-refractivity contribution in [3.63, 3.8) is 0 Å². The van der Waals surface area contributed by atoms with Gasteiger partial charge in [0, 0.05) is 34.9 Å². The summed E-state index contributed by atoms with van der Waals surface area (Å²) in [6.07, 6.45) is 3.05. The highest BCUT2D eigenvalue weighted by Crippen LogP contribution is 2.33. The summed E-state index contributed by atoms with van der Waals surface area (Å²) in [4.78, 5) is 7.86. The maximum atomic E-state index is 10.9. The lowest BCUT2D eigenvalue weighted by Crippen LogP contribution is -2.36. The molecule has 0 saturated heterocycles. The smallest absolute Gasteiger partial charge is 0.0683 e. The first-order chi connectivity index (χ1) is 10.9. The molecule has 0 radical (unpaired) electrons. The van der Waals surface area contributed by atoms with E-state index in [1.807, 2.05) is 43.5 Å². The van der Waals surface area contributed by atoms with Crippen LogP contribution in [0.15, 0.2) is 54.7 Å². The van der Waals surface area contributed by atoms with Crippen LogP contribution in [0.4, 0.5) is 0 Å². The molecule has 23 heavy (non-hydrogen) atoms. The summed E-state index contributed by atoms with van der Waals surface area (Å²) in [7, 11) is 0. The summed E-state index contributed by atoms with van der Waals surface area (Å²) in [5.74, 6) is 0. The van der Waals surface area contributed by atoms with Crippen LogP contribution in [0.2, 0.25) is 0 Å². The second-order valence-corrected chi connectivity index (χ2v) is 7.33.